The van der Waals surface area contributed by atoms with E-state index in [1.807, 2.05) is 0 Å². The highest BCUT2D eigenvalue weighted by Crippen LogP contribution is 2.43. The van der Waals surface area contributed by atoms with Gasteiger partial charge < -0.3 is 18.9 Å². The molecule has 5 heteroatoms. The van der Waals surface area contributed by atoms with Gasteiger partial charge in [0.25, 0.3) is 0 Å². The quantitative estimate of drug-likeness (QED) is 0.821. The highest BCUT2D eigenvalue weighted by Gasteiger charge is 2.32. The van der Waals surface area contributed by atoms with Crippen LogP contribution in [-0.4, -0.2) is 39.9 Å². The van der Waals surface area contributed by atoms with Gasteiger partial charge in [0.1, 0.15) is 0 Å². The van der Waals surface area contributed by atoms with Crippen molar-refractivity contribution >= 4 is 0 Å². The van der Waals surface area contributed by atoms with E-state index in [-0.39, 0.29) is 0 Å². The molecule has 0 amide bonds. The van der Waals surface area contributed by atoms with Gasteiger partial charge in [0, 0.05) is 19.1 Å². The minimum absolute atomic E-state index is 0.387. The molecule has 1 unspecified atom stereocenters. The third kappa shape index (κ3) is 3.10. The summed E-state index contributed by atoms with van der Waals surface area (Å²) in [7, 11) is 6.79. The van der Waals surface area contributed by atoms with Gasteiger partial charge in [-0.3, -0.25) is 4.90 Å². The molecule has 0 saturated carbocycles. The molecule has 2 aromatic rings. The molecule has 27 heavy (non-hydrogen) atoms. The Kier molecular flexibility index (Phi) is 4.87. The summed E-state index contributed by atoms with van der Waals surface area (Å²) in [5, 5.41) is 0. The van der Waals surface area contributed by atoms with Crippen molar-refractivity contribution < 1.29 is 18.9 Å². The second-order valence-corrected chi connectivity index (χ2v) is 7.16. The summed E-state index contributed by atoms with van der Waals surface area (Å²) in [6.45, 7) is 1.97. The van der Waals surface area contributed by atoms with Crippen molar-refractivity contribution in [1.29, 1.82) is 0 Å². The third-order valence-electron chi connectivity index (χ3n) is 5.88. The van der Waals surface area contributed by atoms with E-state index in [4.69, 9.17) is 18.9 Å². The van der Waals surface area contributed by atoms with E-state index in [1.165, 1.54) is 22.3 Å². The van der Waals surface area contributed by atoms with Gasteiger partial charge in [-0.15, -0.1) is 0 Å². The summed E-state index contributed by atoms with van der Waals surface area (Å²) in [4.78, 5) is 2.58. The van der Waals surface area contributed by atoms with Crippen molar-refractivity contribution in [3.63, 3.8) is 0 Å². The molecule has 1 atom stereocenters. The molecule has 0 fully saturated rings. The van der Waals surface area contributed by atoms with Crippen molar-refractivity contribution in [2.45, 2.75) is 31.8 Å². The smallest absolute Gasteiger partial charge is 0.161 e. The van der Waals surface area contributed by atoms with Gasteiger partial charge in [-0.05, 0) is 65.8 Å². The zero-order valence-corrected chi connectivity index (χ0v) is 16.5. The Morgan fingerprint density at radius 1 is 0.704 bits per heavy atom. The molecule has 2 aliphatic rings. The van der Waals surface area contributed by atoms with Crippen LogP contribution in [0.1, 0.15) is 34.7 Å². The maximum absolute atomic E-state index is 5.56. The molecule has 2 aliphatic heterocycles. The van der Waals surface area contributed by atoms with Crippen LogP contribution < -0.4 is 18.9 Å². The van der Waals surface area contributed by atoms with E-state index in [1.54, 1.807) is 28.4 Å². The zero-order chi connectivity index (χ0) is 19.0. The molecular formula is C22H27NO4. The molecule has 0 spiro atoms. The average Bonchev–Trinajstić information content (AvgIpc) is 2.90. The second-order valence-electron chi connectivity index (χ2n) is 7.16. The minimum Gasteiger partial charge on any atom is -0.493 e. The first-order valence-corrected chi connectivity index (χ1v) is 9.41. The molecular weight excluding hydrogens is 342 g/mol. The number of benzene rings is 2. The van der Waals surface area contributed by atoms with Crippen molar-refractivity contribution in [2.24, 2.45) is 0 Å². The number of fused-ring (bicyclic) bond motifs is 4. The Morgan fingerprint density at radius 2 is 1.26 bits per heavy atom. The fourth-order valence-electron chi connectivity index (χ4n) is 4.46. The Hall–Kier alpha value is -2.40. The Labute approximate surface area is 160 Å². The standard InChI is InChI=1S/C22H27NO4/c1-24-19-9-14-5-6-18-17-12-22(27-4)20(25-2)10-15(17)7-8-23(18)13-16(14)11-21(19)26-3/h9-12,18H,5-8,13H2,1-4H3. The fourth-order valence-corrected chi connectivity index (χ4v) is 4.46. The number of nitrogens with zero attached hydrogens (tertiary/aromatic N) is 1. The van der Waals surface area contributed by atoms with Crippen LogP contribution in [0.4, 0.5) is 0 Å². The van der Waals surface area contributed by atoms with E-state index in [0.717, 1.165) is 55.4 Å². The van der Waals surface area contributed by atoms with Crippen molar-refractivity contribution in [3.8, 4) is 23.0 Å². The summed E-state index contributed by atoms with van der Waals surface area (Å²) < 4.78 is 22.1. The maximum Gasteiger partial charge on any atom is 0.161 e. The largest absolute Gasteiger partial charge is 0.493 e. The molecule has 2 aromatic carbocycles. The van der Waals surface area contributed by atoms with Crippen LogP contribution in [0.3, 0.4) is 0 Å². The summed E-state index contributed by atoms with van der Waals surface area (Å²) in [5.74, 6) is 3.24. The predicted octanol–water partition coefficient (Wildman–Crippen LogP) is 3.77. The number of aryl methyl sites for hydroxylation is 1. The van der Waals surface area contributed by atoms with Gasteiger partial charge in [-0.1, -0.05) is 0 Å². The molecule has 0 aromatic heterocycles. The van der Waals surface area contributed by atoms with Crippen molar-refractivity contribution in [2.75, 3.05) is 35.0 Å². The van der Waals surface area contributed by atoms with Gasteiger partial charge in [0.05, 0.1) is 28.4 Å². The predicted molar refractivity (Wildman–Crippen MR) is 104 cm³/mol. The van der Waals surface area contributed by atoms with E-state index in [9.17, 15) is 0 Å². The lowest BCUT2D eigenvalue weighted by molar-refractivity contribution is 0.173. The number of methoxy groups -OCH3 is 4. The van der Waals surface area contributed by atoms with E-state index in [2.05, 4.69) is 29.2 Å². The van der Waals surface area contributed by atoms with E-state index in [0.29, 0.717) is 6.04 Å². The van der Waals surface area contributed by atoms with Crippen LogP contribution in [-0.2, 0) is 19.4 Å². The Morgan fingerprint density at radius 3 is 1.89 bits per heavy atom. The summed E-state index contributed by atoms with van der Waals surface area (Å²) >= 11 is 0. The molecule has 0 aliphatic carbocycles. The van der Waals surface area contributed by atoms with Crippen LogP contribution in [0.2, 0.25) is 0 Å². The first-order chi connectivity index (χ1) is 13.2. The van der Waals surface area contributed by atoms with Crippen LogP contribution in [0, 0.1) is 0 Å². The molecule has 2 heterocycles. The third-order valence-corrected chi connectivity index (χ3v) is 5.88. The second kappa shape index (κ2) is 7.31. The van der Waals surface area contributed by atoms with E-state index >= 15 is 0 Å². The minimum atomic E-state index is 0.387. The average molecular weight is 369 g/mol. The van der Waals surface area contributed by atoms with Crippen molar-refractivity contribution in [3.05, 3.63) is 46.5 Å². The molecule has 0 bridgehead atoms. The van der Waals surface area contributed by atoms with Crippen LogP contribution in [0.25, 0.3) is 0 Å². The monoisotopic (exact) mass is 369 g/mol. The number of hydrogen-bond donors (Lipinski definition) is 0. The number of ether oxygens (including phenoxy) is 4. The topological polar surface area (TPSA) is 40.2 Å². The molecule has 144 valence electrons. The lowest BCUT2D eigenvalue weighted by Gasteiger charge is -2.36. The van der Waals surface area contributed by atoms with Gasteiger partial charge in [-0.2, -0.15) is 0 Å². The van der Waals surface area contributed by atoms with Gasteiger partial charge >= 0.3 is 0 Å². The van der Waals surface area contributed by atoms with Crippen LogP contribution in [0.15, 0.2) is 24.3 Å². The van der Waals surface area contributed by atoms with Crippen LogP contribution >= 0.6 is 0 Å². The summed E-state index contributed by atoms with van der Waals surface area (Å²) in [5.41, 5.74) is 5.42. The van der Waals surface area contributed by atoms with Gasteiger partial charge in [0.2, 0.25) is 0 Å². The van der Waals surface area contributed by atoms with Crippen LogP contribution in [0.5, 0.6) is 23.0 Å². The highest BCUT2D eigenvalue weighted by molar-refractivity contribution is 5.51. The lowest BCUT2D eigenvalue weighted by atomic mass is 9.89. The molecule has 0 N–H and O–H groups in total. The SMILES string of the molecule is COc1cc2c(cc1OC)CN1CCc3cc(OC)c(OC)cc3C1CC2. The molecule has 0 saturated heterocycles. The Balaban J connectivity index is 1.71. The Bertz CT molecular complexity index is 849. The fraction of sp³-hybridized carbons (Fsp3) is 0.455. The zero-order valence-electron chi connectivity index (χ0n) is 16.5. The maximum atomic E-state index is 5.56. The van der Waals surface area contributed by atoms with Gasteiger partial charge in [-0.25, -0.2) is 0 Å². The molecule has 0 radical (unpaired) electrons. The first-order valence-electron chi connectivity index (χ1n) is 9.41. The highest BCUT2D eigenvalue weighted by atomic mass is 16.5. The molecule has 4 rings (SSSR count). The normalized spacial score (nSPS) is 18.6. The van der Waals surface area contributed by atoms with Gasteiger partial charge in [0.15, 0.2) is 23.0 Å². The van der Waals surface area contributed by atoms with E-state index < -0.39 is 0 Å². The first kappa shape index (κ1) is 18.0. The summed E-state index contributed by atoms with van der Waals surface area (Å²) in [6.07, 6.45) is 3.12. The van der Waals surface area contributed by atoms with Crippen molar-refractivity contribution in [1.82, 2.24) is 4.90 Å². The number of hydrogen-bond acceptors (Lipinski definition) is 5. The number of rotatable bonds is 4. The lowest BCUT2D eigenvalue weighted by Crippen LogP contribution is -2.34. The summed E-state index contributed by atoms with van der Waals surface area (Å²) in [6, 6.07) is 8.98. The molecule has 5 nitrogen and oxygen atoms in total.